The number of nitrogens with zero attached hydrogens (tertiary/aromatic N) is 6. The number of benzene rings is 1. The number of carbonyl (C=O) groups is 2. The lowest BCUT2D eigenvalue weighted by atomic mass is 10.0. The number of ether oxygens (including phenoxy) is 2. The minimum atomic E-state index is -0.865. The summed E-state index contributed by atoms with van der Waals surface area (Å²) in [6.07, 6.45) is 3.03. The lowest BCUT2D eigenvalue weighted by Gasteiger charge is -2.28. The smallest absolute Gasteiger partial charge is 0.410 e. The molecular formula is C40H39N7O5. The maximum Gasteiger partial charge on any atom is 0.410 e. The van der Waals surface area contributed by atoms with E-state index in [-0.39, 0.29) is 11.4 Å². The van der Waals surface area contributed by atoms with Crippen LogP contribution >= 0.6 is 0 Å². The van der Waals surface area contributed by atoms with Crippen LogP contribution in [0.2, 0.25) is 0 Å². The summed E-state index contributed by atoms with van der Waals surface area (Å²) in [6, 6.07) is 19.2. The highest BCUT2D eigenvalue weighted by Crippen LogP contribution is 2.35. The molecule has 0 saturated carbocycles. The van der Waals surface area contributed by atoms with Gasteiger partial charge in [-0.1, -0.05) is 5.92 Å². The van der Waals surface area contributed by atoms with Crippen LogP contribution in [-0.2, 0) is 16.6 Å². The maximum atomic E-state index is 13.4. The van der Waals surface area contributed by atoms with Gasteiger partial charge in [-0.25, -0.2) is 19.7 Å². The van der Waals surface area contributed by atoms with E-state index in [9.17, 15) is 14.4 Å². The monoisotopic (exact) mass is 697 g/mol. The van der Waals surface area contributed by atoms with Gasteiger partial charge in [0.1, 0.15) is 28.8 Å². The van der Waals surface area contributed by atoms with Crippen molar-refractivity contribution in [1.29, 1.82) is 0 Å². The third kappa shape index (κ3) is 7.34. The fraction of sp³-hybridized carbons (Fsp3) is 0.250. The number of hydrogen-bond acceptors (Lipinski definition) is 8. The summed E-state index contributed by atoms with van der Waals surface area (Å²) in [5.74, 6) is 6.75. The average Bonchev–Trinajstić information content (AvgIpc) is 3.49. The zero-order valence-corrected chi connectivity index (χ0v) is 30.3. The van der Waals surface area contributed by atoms with Crippen LogP contribution in [0.5, 0.6) is 5.88 Å². The first kappa shape index (κ1) is 35.3. The number of carbonyl (C=O) groups excluding carboxylic acids is 2. The third-order valence-corrected chi connectivity index (χ3v) is 8.49. The van der Waals surface area contributed by atoms with Crippen LogP contribution in [0.15, 0.2) is 83.9 Å². The summed E-state index contributed by atoms with van der Waals surface area (Å²) >= 11 is 0. The Morgan fingerprint density at radius 2 is 1.77 bits per heavy atom. The number of rotatable bonds is 6. The van der Waals surface area contributed by atoms with E-state index in [0.717, 1.165) is 33.4 Å². The fourth-order valence-corrected chi connectivity index (χ4v) is 5.55. The molecule has 0 aliphatic carbocycles. The minimum absolute atomic E-state index is 0.100. The molecule has 264 valence electrons. The fourth-order valence-electron chi connectivity index (χ4n) is 5.55. The first-order valence-electron chi connectivity index (χ1n) is 16.6. The van der Waals surface area contributed by atoms with Gasteiger partial charge in [-0.05, 0) is 106 Å². The Morgan fingerprint density at radius 1 is 0.981 bits per heavy atom. The van der Waals surface area contributed by atoms with Crippen molar-refractivity contribution in [1.82, 2.24) is 28.8 Å². The molecule has 52 heavy (non-hydrogen) atoms. The van der Waals surface area contributed by atoms with Crippen LogP contribution in [0.4, 0.5) is 10.6 Å². The van der Waals surface area contributed by atoms with Crippen LogP contribution in [-0.4, -0.2) is 66.6 Å². The Bertz CT molecular complexity index is 2470. The normalized spacial score (nSPS) is 11.8. The van der Waals surface area contributed by atoms with E-state index >= 15 is 0 Å². The van der Waals surface area contributed by atoms with Gasteiger partial charge < -0.3 is 19.4 Å². The highest BCUT2D eigenvalue weighted by Gasteiger charge is 2.28. The van der Waals surface area contributed by atoms with Gasteiger partial charge in [-0.3, -0.25) is 18.9 Å². The first-order valence-corrected chi connectivity index (χ1v) is 16.6. The topological polar surface area (TPSA) is 133 Å². The van der Waals surface area contributed by atoms with Gasteiger partial charge in [-0.15, -0.1) is 0 Å². The maximum absolute atomic E-state index is 13.4. The number of aromatic nitrogens is 5. The number of nitrogens with one attached hydrogen (secondary N) is 1. The van der Waals surface area contributed by atoms with Crippen LogP contribution in [0.25, 0.3) is 39.1 Å². The van der Waals surface area contributed by atoms with Crippen LogP contribution in [0.3, 0.4) is 0 Å². The van der Waals surface area contributed by atoms with Crippen LogP contribution in [0.1, 0.15) is 44.5 Å². The molecule has 1 aromatic carbocycles. The number of aryl methyl sites for hydroxylation is 2. The molecule has 0 fully saturated rings. The zero-order chi connectivity index (χ0) is 37.3. The quantitative estimate of drug-likeness (QED) is 0.203. The summed E-state index contributed by atoms with van der Waals surface area (Å²) in [5.41, 5.74) is 5.60. The Hall–Kier alpha value is -6.48. The Labute approximate surface area is 301 Å². The van der Waals surface area contributed by atoms with Gasteiger partial charge in [0.2, 0.25) is 11.8 Å². The van der Waals surface area contributed by atoms with E-state index in [1.165, 1.54) is 18.0 Å². The number of methoxy groups -OCH3 is 1. The molecule has 0 radical (unpaired) electrons. The molecule has 0 saturated heterocycles. The SMILES string of the molecule is COc1ccc(-c2nc3cc(C)ccn3c2-c2ccc(NC(=O)C(C)N(C)C(=O)OC(C)(C)C)nc2C#Cc2ccc3c(ccc(=O)n3C)c2)cn1. The molecule has 12 nitrogen and oxygen atoms in total. The standard InChI is InChI=1S/C40H39N7O5/c1-24-19-20-47-33(21-24)44-36(28-11-17-34(51-8)41-23-28)37(47)29-13-16-32(43-38(49)25(2)45(6)39(50)52-40(3,4)5)42-30(29)14-9-26-10-15-31-27(22-26)12-18-35(48)46(31)7/h10-13,15-23,25H,1-8H3,(H,42,43,49). The summed E-state index contributed by atoms with van der Waals surface area (Å²) in [6.45, 7) is 8.90. The van der Waals surface area contributed by atoms with Crippen molar-refractivity contribution in [2.45, 2.75) is 46.3 Å². The van der Waals surface area contributed by atoms with Gasteiger partial charge in [0.05, 0.1) is 24.0 Å². The number of anilines is 1. The van der Waals surface area contributed by atoms with Gasteiger partial charge >= 0.3 is 6.09 Å². The highest BCUT2D eigenvalue weighted by atomic mass is 16.6. The molecule has 0 spiro atoms. The number of hydrogen-bond donors (Lipinski definition) is 1. The molecule has 0 bridgehead atoms. The number of fused-ring (bicyclic) bond motifs is 2. The van der Waals surface area contributed by atoms with Crippen molar-refractivity contribution in [3.05, 3.63) is 106 Å². The van der Waals surface area contributed by atoms with Crippen molar-refractivity contribution in [3.63, 3.8) is 0 Å². The predicted octanol–water partition coefficient (Wildman–Crippen LogP) is 6.22. The van der Waals surface area contributed by atoms with Crippen LogP contribution in [0, 0.1) is 18.8 Å². The Balaban J connectivity index is 1.47. The summed E-state index contributed by atoms with van der Waals surface area (Å²) in [4.78, 5) is 53.8. The van der Waals surface area contributed by atoms with Crippen molar-refractivity contribution in [2.24, 2.45) is 7.05 Å². The summed E-state index contributed by atoms with van der Waals surface area (Å²) < 4.78 is 14.3. The number of imidazole rings is 1. The minimum Gasteiger partial charge on any atom is -0.481 e. The van der Waals surface area contributed by atoms with Crippen molar-refractivity contribution < 1.29 is 19.1 Å². The Morgan fingerprint density at radius 3 is 2.48 bits per heavy atom. The van der Waals surface area contributed by atoms with Crippen LogP contribution < -0.4 is 15.6 Å². The van der Waals surface area contributed by atoms with E-state index in [0.29, 0.717) is 28.4 Å². The number of likely N-dealkylation sites (N-methyl/N-ethyl adjacent to an activating group) is 1. The molecule has 5 heterocycles. The van der Waals surface area contributed by atoms with E-state index < -0.39 is 23.6 Å². The van der Waals surface area contributed by atoms with Crippen molar-refractivity contribution >= 4 is 34.4 Å². The summed E-state index contributed by atoms with van der Waals surface area (Å²) in [7, 11) is 4.80. The summed E-state index contributed by atoms with van der Waals surface area (Å²) in [5, 5.41) is 3.70. The van der Waals surface area contributed by atoms with Crippen molar-refractivity contribution in [3.8, 4) is 40.2 Å². The molecule has 0 aliphatic rings. The lowest BCUT2D eigenvalue weighted by Crippen LogP contribution is -2.45. The second-order valence-electron chi connectivity index (χ2n) is 13.4. The molecule has 12 heteroatoms. The van der Waals surface area contributed by atoms with E-state index in [1.54, 1.807) is 70.8 Å². The zero-order valence-electron chi connectivity index (χ0n) is 30.3. The van der Waals surface area contributed by atoms with E-state index in [4.69, 9.17) is 19.4 Å². The molecule has 6 rings (SSSR count). The van der Waals surface area contributed by atoms with Crippen molar-refractivity contribution in [2.75, 3.05) is 19.5 Å². The van der Waals surface area contributed by atoms with Gasteiger partial charge in [0, 0.05) is 55.3 Å². The third-order valence-electron chi connectivity index (χ3n) is 8.49. The van der Waals surface area contributed by atoms with E-state index in [2.05, 4.69) is 22.1 Å². The second kappa shape index (κ2) is 14.0. The highest BCUT2D eigenvalue weighted by molar-refractivity contribution is 5.96. The predicted molar refractivity (Wildman–Crippen MR) is 200 cm³/mol. The number of pyridine rings is 4. The van der Waals surface area contributed by atoms with Gasteiger partial charge in [-0.2, -0.15) is 0 Å². The molecular weight excluding hydrogens is 658 g/mol. The molecule has 5 aromatic heterocycles. The molecule has 1 atom stereocenters. The second-order valence-corrected chi connectivity index (χ2v) is 13.4. The number of amides is 2. The molecule has 1 unspecified atom stereocenters. The Kier molecular flexibility index (Phi) is 9.54. The molecule has 2 amide bonds. The molecule has 0 aliphatic heterocycles. The van der Waals surface area contributed by atoms with Gasteiger partial charge in [0.25, 0.3) is 5.56 Å². The average molecular weight is 698 g/mol. The first-order chi connectivity index (χ1) is 24.7. The largest absolute Gasteiger partial charge is 0.481 e. The molecule has 1 N–H and O–H groups in total. The molecule has 6 aromatic rings. The lowest BCUT2D eigenvalue weighted by molar-refractivity contribution is -0.120. The van der Waals surface area contributed by atoms with E-state index in [1.807, 2.05) is 60.0 Å². The van der Waals surface area contributed by atoms with Gasteiger partial charge in [0.15, 0.2) is 0 Å².